The van der Waals surface area contributed by atoms with Crippen LogP contribution in [0.4, 0.5) is 37.7 Å². The molecule has 4 heterocycles. The molecule has 0 bridgehead atoms. The molecule has 4 aliphatic heterocycles. The summed E-state index contributed by atoms with van der Waals surface area (Å²) >= 11 is 0. The molecule has 2 fully saturated rings. The Bertz CT molecular complexity index is 2390. The zero-order valence-corrected chi connectivity index (χ0v) is 38.6. The third kappa shape index (κ3) is 14.7. The van der Waals surface area contributed by atoms with Gasteiger partial charge in [-0.15, -0.1) is 0 Å². The summed E-state index contributed by atoms with van der Waals surface area (Å²) in [6.07, 6.45) is -3.98. The van der Waals surface area contributed by atoms with E-state index in [9.17, 15) is 45.5 Å². The third-order valence-electron chi connectivity index (χ3n) is 12.5. The molecule has 4 aromatic rings. The summed E-state index contributed by atoms with van der Waals surface area (Å²) in [7, 11) is 0. The fourth-order valence-electron chi connectivity index (χ4n) is 8.82. The number of carbonyl (C=O) groups is 4. The standard InChI is InChI=1S/C25H28F3N3O3.C21H23F3N2O.C4H7NO3/c1-18(32)29-16-23(33)30-12-9-24(10-13-30)11-14-31(21-7-2-3-8-22(21)34-24)17-19-5-4-6-20(15-19)25(26,27)28;22-21(23,24)17-5-3-4-16(14-17)15-26-13-10-20(8-11-25-12-9-20)27-19-7-2-1-6-18(19)26;1-3(6)5-2-4(7)8/h2-8,15H,9-14,16-17H2,1H3,(H,29,32);1-7,14,25H,8-13,15H2;2H2,1H3,(H,5,6)(H,7,8). The molecule has 0 saturated carbocycles. The molecule has 69 heavy (non-hydrogen) atoms. The second-order valence-electron chi connectivity index (χ2n) is 17.6. The predicted octanol–water partition coefficient (Wildman–Crippen LogP) is 7.82. The number of ether oxygens (including phenoxy) is 2. The number of aliphatic carboxylic acids is 1. The number of carboxylic acid groups (broad SMARTS) is 1. The van der Waals surface area contributed by atoms with Gasteiger partial charge in [0.05, 0.1) is 29.0 Å². The van der Waals surface area contributed by atoms with Gasteiger partial charge in [-0.2, -0.15) is 26.3 Å². The van der Waals surface area contributed by atoms with Gasteiger partial charge in [0.2, 0.25) is 17.7 Å². The summed E-state index contributed by atoms with van der Waals surface area (Å²) in [6, 6.07) is 26.4. The minimum Gasteiger partial charge on any atom is -0.485 e. The van der Waals surface area contributed by atoms with E-state index < -0.39 is 35.0 Å². The van der Waals surface area contributed by atoms with Gasteiger partial charge in [-0.25, -0.2) is 0 Å². The number of rotatable bonds is 8. The predicted molar refractivity (Wildman–Crippen MR) is 247 cm³/mol. The number of para-hydroxylation sites is 4. The first-order valence-corrected chi connectivity index (χ1v) is 22.8. The number of carboxylic acids is 1. The quantitative estimate of drug-likeness (QED) is 0.129. The number of hydrogen-bond donors (Lipinski definition) is 4. The molecule has 0 atom stereocenters. The number of carbonyl (C=O) groups excluding carboxylic acids is 3. The van der Waals surface area contributed by atoms with E-state index in [1.807, 2.05) is 48.5 Å². The molecular formula is C50H58F6N6O7. The lowest BCUT2D eigenvalue weighted by Crippen LogP contribution is -2.52. The first-order chi connectivity index (χ1) is 32.7. The van der Waals surface area contributed by atoms with Gasteiger partial charge < -0.3 is 45.2 Å². The van der Waals surface area contributed by atoms with Crippen LogP contribution in [0, 0.1) is 0 Å². The Morgan fingerprint density at radius 3 is 1.43 bits per heavy atom. The maximum absolute atomic E-state index is 13.2. The molecule has 0 aromatic heterocycles. The number of anilines is 2. The Labute approximate surface area is 397 Å². The maximum Gasteiger partial charge on any atom is 0.416 e. The van der Waals surface area contributed by atoms with Crippen molar-refractivity contribution in [2.75, 3.05) is 62.2 Å². The lowest BCUT2D eigenvalue weighted by Gasteiger charge is -2.41. The second kappa shape index (κ2) is 22.7. The molecule has 3 amide bonds. The summed E-state index contributed by atoms with van der Waals surface area (Å²) in [5.41, 5.74) is 1.13. The van der Waals surface area contributed by atoms with Crippen LogP contribution >= 0.6 is 0 Å². The van der Waals surface area contributed by atoms with Gasteiger partial charge in [-0.3, -0.25) is 19.2 Å². The minimum atomic E-state index is -4.38. The highest BCUT2D eigenvalue weighted by molar-refractivity contribution is 5.83. The Kier molecular flexibility index (Phi) is 17.1. The Morgan fingerprint density at radius 2 is 1.01 bits per heavy atom. The van der Waals surface area contributed by atoms with Crippen LogP contribution in [0.5, 0.6) is 11.5 Å². The molecule has 372 valence electrons. The molecule has 0 aliphatic carbocycles. The summed E-state index contributed by atoms with van der Waals surface area (Å²) in [6.45, 7) is 7.37. The van der Waals surface area contributed by atoms with Crippen molar-refractivity contribution in [3.63, 3.8) is 0 Å². The van der Waals surface area contributed by atoms with Gasteiger partial charge in [0.25, 0.3) is 0 Å². The molecule has 4 aromatic carbocycles. The molecule has 2 spiro atoms. The van der Waals surface area contributed by atoms with Crippen LogP contribution in [-0.2, 0) is 44.6 Å². The second-order valence-corrected chi connectivity index (χ2v) is 17.6. The van der Waals surface area contributed by atoms with E-state index in [1.54, 1.807) is 17.0 Å². The van der Waals surface area contributed by atoms with E-state index >= 15 is 0 Å². The zero-order valence-electron chi connectivity index (χ0n) is 38.6. The third-order valence-corrected chi connectivity index (χ3v) is 12.5. The fourth-order valence-corrected chi connectivity index (χ4v) is 8.82. The van der Waals surface area contributed by atoms with Crippen molar-refractivity contribution in [3.8, 4) is 11.5 Å². The Hall–Kier alpha value is -6.50. The number of halogens is 6. The monoisotopic (exact) mass is 968 g/mol. The molecule has 4 N–H and O–H groups in total. The van der Waals surface area contributed by atoms with Crippen LogP contribution in [-0.4, -0.2) is 97.3 Å². The van der Waals surface area contributed by atoms with Crippen LogP contribution in [0.15, 0.2) is 97.1 Å². The van der Waals surface area contributed by atoms with Gasteiger partial charge in [-0.1, -0.05) is 48.5 Å². The number of fused-ring (bicyclic) bond motifs is 2. The van der Waals surface area contributed by atoms with Crippen LogP contribution in [0.1, 0.15) is 74.6 Å². The van der Waals surface area contributed by atoms with Crippen LogP contribution in [0.3, 0.4) is 0 Å². The SMILES string of the molecule is CC(=O)NCC(=O)N1CCC2(CC1)CCN(Cc1cccc(C(F)(F)F)c1)c1ccccc1O2.CC(=O)NCC(=O)O.FC(F)(F)c1cccc(CN2CCC3(CCNCC3)Oc3ccccc32)c1. The molecule has 8 rings (SSSR count). The Morgan fingerprint density at radius 1 is 0.594 bits per heavy atom. The zero-order chi connectivity index (χ0) is 49.8. The van der Waals surface area contributed by atoms with Gasteiger partial charge in [0.15, 0.2) is 0 Å². The van der Waals surface area contributed by atoms with E-state index in [0.29, 0.717) is 68.9 Å². The number of benzene rings is 4. The minimum absolute atomic E-state index is 0.0171. The molecule has 0 radical (unpaired) electrons. The summed E-state index contributed by atoms with van der Waals surface area (Å²) in [4.78, 5) is 49.1. The van der Waals surface area contributed by atoms with E-state index in [-0.39, 0.29) is 36.4 Å². The fraction of sp³-hybridized carbons (Fsp3) is 0.440. The van der Waals surface area contributed by atoms with Crippen molar-refractivity contribution in [1.82, 2.24) is 20.9 Å². The average Bonchev–Trinajstić information content (AvgIpc) is 3.55. The molecule has 19 heteroatoms. The number of nitrogens with one attached hydrogen (secondary N) is 3. The van der Waals surface area contributed by atoms with Crippen molar-refractivity contribution in [1.29, 1.82) is 0 Å². The lowest BCUT2D eigenvalue weighted by molar-refractivity contribution is -0.138. The molecule has 13 nitrogen and oxygen atoms in total. The van der Waals surface area contributed by atoms with E-state index in [4.69, 9.17) is 14.6 Å². The Balaban J connectivity index is 0.000000199. The van der Waals surface area contributed by atoms with Gasteiger partial charge in [0.1, 0.15) is 29.2 Å². The van der Waals surface area contributed by atoms with Crippen LogP contribution in [0.2, 0.25) is 0 Å². The summed E-state index contributed by atoms with van der Waals surface area (Å²) < 4.78 is 91.7. The first-order valence-electron chi connectivity index (χ1n) is 22.8. The normalized spacial score (nSPS) is 17.1. The van der Waals surface area contributed by atoms with Crippen molar-refractivity contribution in [3.05, 3.63) is 119 Å². The number of likely N-dealkylation sites (tertiary alicyclic amines) is 1. The number of piperidine rings is 2. The number of nitrogens with zero attached hydrogens (tertiary/aromatic N) is 3. The van der Waals surface area contributed by atoms with Crippen molar-refractivity contribution < 1.29 is 60.1 Å². The number of hydrogen-bond acceptors (Lipinski definition) is 9. The van der Waals surface area contributed by atoms with E-state index in [0.717, 1.165) is 68.2 Å². The maximum atomic E-state index is 13.2. The largest absolute Gasteiger partial charge is 0.485 e. The van der Waals surface area contributed by atoms with Crippen LogP contribution < -0.4 is 35.2 Å². The van der Waals surface area contributed by atoms with Crippen molar-refractivity contribution in [2.45, 2.75) is 89.0 Å². The van der Waals surface area contributed by atoms with Crippen molar-refractivity contribution in [2.24, 2.45) is 0 Å². The summed E-state index contributed by atoms with van der Waals surface area (Å²) in [5.74, 6) is -0.196. The highest BCUT2D eigenvalue weighted by Gasteiger charge is 2.41. The first kappa shape index (κ1) is 51.9. The highest BCUT2D eigenvalue weighted by Crippen LogP contribution is 2.43. The van der Waals surface area contributed by atoms with Crippen molar-refractivity contribution >= 4 is 35.1 Å². The molecular weight excluding hydrogens is 911 g/mol. The topological polar surface area (TPSA) is 153 Å². The van der Waals surface area contributed by atoms with Crippen LogP contribution in [0.25, 0.3) is 0 Å². The molecule has 4 aliphatic rings. The smallest absolute Gasteiger partial charge is 0.416 e. The van der Waals surface area contributed by atoms with Gasteiger partial charge >= 0.3 is 18.3 Å². The number of alkyl halides is 6. The van der Waals surface area contributed by atoms with E-state index in [2.05, 4.69) is 25.8 Å². The summed E-state index contributed by atoms with van der Waals surface area (Å²) in [5, 5.41) is 16.0. The average molecular weight is 969 g/mol. The van der Waals surface area contributed by atoms with Gasteiger partial charge in [0, 0.05) is 78.8 Å². The van der Waals surface area contributed by atoms with E-state index in [1.165, 1.54) is 38.1 Å². The molecule has 2 saturated heterocycles. The number of amides is 3. The highest BCUT2D eigenvalue weighted by atomic mass is 19.4. The molecule has 0 unspecified atom stereocenters. The van der Waals surface area contributed by atoms with Gasteiger partial charge in [-0.05, 0) is 85.6 Å². The lowest BCUT2D eigenvalue weighted by atomic mass is 9.87.